The third-order valence-corrected chi connectivity index (χ3v) is 5.60. The van der Waals surface area contributed by atoms with Gasteiger partial charge in [0.25, 0.3) is 0 Å². The second-order valence-electron chi connectivity index (χ2n) is 7.30. The summed E-state index contributed by atoms with van der Waals surface area (Å²) >= 11 is 0. The molecular formula is C22H26O6. The van der Waals surface area contributed by atoms with Crippen molar-refractivity contribution in [3.63, 3.8) is 0 Å². The van der Waals surface area contributed by atoms with Crippen LogP contribution in [-0.4, -0.2) is 54.1 Å². The van der Waals surface area contributed by atoms with Gasteiger partial charge in [-0.2, -0.15) is 0 Å². The van der Waals surface area contributed by atoms with E-state index in [1.165, 1.54) is 7.11 Å². The SMILES string of the molecule is CO[C@H]1OC(CO)[C@]2(O)C(OCc3ccccc3)C2C1OCc1ccccc1. The number of hydrogen-bond acceptors (Lipinski definition) is 6. The molecule has 2 fully saturated rings. The first-order chi connectivity index (χ1) is 13.7. The lowest BCUT2D eigenvalue weighted by atomic mass is 10.0. The molecule has 0 spiro atoms. The molecule has 28 heavy (non-hydrogen) atoms. The fraction of sp³-hybridized carbons (Fsp3) is 0.455. The predicted octanol–water partition coefficient (Wildman–Crippen LogP) is 1.88. The third kappa shape index (κ3) is 3.59. The molecule has 1 saturated carbocycles. The van der Waals surface area contributed by atoms with Crippen LogP contribution in [0.25, 0.3) is 0 Å². The zero-order valence-corrected chi connectivity index (χ0v) is 15.8. The summed E-state index contributed by atoms with van der Waals surface area (Å²) in [5, 5.41) is 20.9. The molecule has 0 radical (unpaired) electrons. The predicted molar refractivity (Wildman–Crippen MR) is 101 cm³/mol. The van der Waals surface area contributed by atoms with E-state index in [2.05, 4.69) is 0 Å². The van der Waals surface area contributed by atoms with Crippen LogP contribution in [0.1, 0.15) is 11.1 Å². The van der Waals surface area contributed by atoms with Gasteiger partial charge in [0, 0.05) is 7.11 Å². The maximum Gasteiger partial charge on any atom is 0.184 e. The summed E-state index contributed by atoms with van der Waals surface area (Å²) in [6.07, 6.45) is -2.46. The van der Waals surface area contributed by atoms with E-state index in [9.17, 15) is 10.2 Å². The molecule has 2 aromatic rings. The molecule has 1 aliphatic carbocycles. The standard InChI is InChI=1S/C22H26O6/c1-25-21-19(26-13-15-8-4-2-5-9-15)18-20(22(18,24)17(12-23)28-21)27-14-16-10-6-3-7-11-16/h2-11,17-21,23-24H,12-14H2,1H3/t17?,18?,19?,20?,21-,22+/m0/s1. The van der Waals surface area contributed by atoms with E-state index in [-0.39, 0.29) is 12.5 Å². The molecule has 1 saturated heterocycles. The Morgan fingerprint density at radius 1 is 0.929 bits per heavy atom. The fourth-order valence-electron chi connectivity index (χ4n) is 4.06. The van der Waals surface area contributed by atoms with Crippen molar-refractivity contribution in [3.05, 3.63) is 71.8 Å². The second-order valence-corrected chi connectivity index (χ2v) is 7.30. The molecule has 0 bridgehead atoms. The average Bonchev–Trinajstić information content (AvgIpc) is 3.36. The van der Waals surface area contributed by atoms with Gasteiger partial charge >= 0.3 is 0 Å². The summed E-state index contributed by atoms with van der Waals surface area (Å²) < 4.78 is 23.4. The van der Waals surface area contributed by atoms with Gasteiger partial charge in [0.05, 0.1) is 31.8 Å². The Hall–Kier alpha value is -1.80. The number of ether oxygens (including phenoxy) is 4. The zero-order chi connectivity index (χ0) is 19.6. The van der Waals surface area contributed by atoms with Crippen molar-refractivity contribution in [2.45, 2.75) is 43.4 Å². The van der Waals surface area contributed by atoms with E-state index in [1.807, 2.05) is 60.7 Å². The van der Waals surface area contributed by atoms with E-state index in [4.69, 9.17) is 18.9 Å². The van der Waals surface area contributed by atoms with Crippen molar-refractivity contribution in [2.24, 2.45) is 5.92 Å². The summed E-state index contributed by atoms with van der Waals surface area (Å²) in [5.41, 5.74) is 0.744. The van der Waals surface area contributed by atoms with E-state index >= 15 is 0 Å². The largest absolute Gasteiger partial charge is 0.394 e. The Balaban J connectivity index is 1.48. The van der Waals surface area contributed by atoms with Crippen LogP contribution in [0.3, 0.4) is 0 Å². The lowest BCUT2D eigenvalue weighted by Crippen LogP contribution is -2.52. The van der Waals surface area contributed by atoms with Gasteiger partial charge in [-0.15, -0.1) is 0 Å². The molecule has 150 valence electrons. The molecule has 4 unspecified atom stereocenters. The molecule has 6 nitrogen and oxygen atoms in total. The van der Waals surface area contributed by atoms with Gasteiger partial charge in [0.2, 0.25) is 0 Å². The van der Waals surface area contributed by atoms with Gasteiger partial charge < -0.3 is 29.2 Å². The van der Waals surface area contributed by atoms with Crippen molar-refractivity contribution in [1.82, 2.24) is 0 Å². The number of aliphatic hydroxyl groups is 2. The van der Waals surface area contributed by atoms with Crippen LogP contribution >= 0.6 is 0 Å². The van der Waals surface area contributed by atoms with Gasteiger partial charge in [-0.25, -0.2) is 0 Å². The highest BCUT2D eigenvalue weighted by molar-refractivity contribution is 5.25. The highest BCUT2D eigenvalue weighted by Crippen LogP contribution is 2.57. The first-order valence-electron chi connectivity index (χ1n) is 9.51. The Morgan fingerprint density at radius 2 is 1.50 bits per heavy atom. The molecule has 0 amide bonds. The Labute approximate surface area is 164 Å². The number of rotatable bonds is 8. The van der Waals surface area contributed by atoms with Gasteiger partial charge in [0.1, 0.15) is 17.8 Å². The molecule has 2 aliphatic rings. The first-order valence-corrected chi connectivity index (χ1v) is 9.51. The van der Waals surface area contributed by atoms with Crippen molar-refractivity contribution in [3.8, 4) is 0 Å². The van der Waals surface area contributed by atoms with Crippen molar-refractivity contribution in [2.75, 3.05) is 13.7 Å². The maximum absolute atomic E-state index is 11.2. The number of benzene rings is 2. The van der Waals surface area contributed by atoms with Gasteiger partial charge in [-0.05, 0) is 11.1 Å². The first kappa shape index (κ1) is 19.5. The Kier molecular flexibility index (Phi) is 5.78. The van der Waals surface area contributed by atoms with Crippen LogP contribution in [0.4, 0.5) is 0 Å². The second kappa shape index (κ2) is 8.29. The molecule has 1 aliphatic heterocycles. The summed E-state index contributed by atoms with van der Waals surface area (Å²) in [5.74, 6) is -0.337. The van der Waals surface area contributed by atoms with E-state index < -0.39 is 30.2 Å². The minimum atomic E-state index is -1.29. The van der Waals surface area contributed by atoms with Crippen LogP contribution in [-0.2, 0) is 32.2 Å². The van der Waals surface area contributed by atoms with E-state index in [1.54, 1.807) is 0 Å². The van der Waals surface area contributed by atoms with Crippen molar-refractivity contribution in [1.29, 1.82) is 0 Å². The summed E-state index contributed by atoms with van der Waals surface area (Å²) in [4.78, 5) is 0. The van der Waals surface area contributed by atoms with E-state index in [0.717, 1.165) is 11.1 Å². The van der Waals surface area contributed by atoms with Crippen LogP contribution in [0.2, 0.25) is 0 Å². The van der Waals surface area contributed by atoms with Crippen molar-refractivity contribution < 1.29 is 29.2 Å². The lowest BCUT2D eigenvalue weighted by molar-refractivity contribution is -0.276. The number of methoxy groups -OCH3 is 1. The molecule has 2 aromatic carbocycles. The molecule has 4 rings (SSSR count). The highest BCUT2D eigenvalue weighted by Gasteiger charge is 2.76. The molecule has 2 N–H and O–H groups in total. The van der Waals surface area contributed by atoms with Crippen LogP contribution < -0.4 is 0 Å². The number of aliphatic hydroxyl groups excluding tert-OH is 1. The lowest BCUT2D eigenvalue weighted by Gasteiger charge is -2.36. The highest BCUT2D eigenvalue weighted by atomic mass is 16.7. The van der Waals surface area contributed by atoms with Crippen molar-refractivity contribution >= 4 is 0 Å². The normalized spacial score (nSPS) is 34.0. The maximum atomic E-state index is 11.2. The van der Waals surface area contributed by atoms with Crippen LogP contribution in [0.15, 0.2) is 60.7 Å². The zero-order valence-electron chi connectivity index (χ0n) is 15.8. The Morgan fingerprint density at radius 3 is 2.04 bits per heavy atom. The minimum Gasteiger partial charge on any atom is -0.394 e. The summed E-state index contributed by atoms with van der Waals surface area (Å²) in [6, 6.07) is 19.6. The topological polar surface area (TPSA) is 77.4 Å². The van der Waals surface area contributed by atoms with E-state index in [0.29, 0.717) is 13.2 Å². The Bertz CT molecular complexity index is 754. The minimum absolute atomic E-state index is 0.316. The number of fused-ring (bicyclic) bond motifs is 1. The summed E-state index contributed by atoms with van der Waals surface area (Å²) in [7, 11) is 1.53. The molecule has 6 heteroatoms. The quantitative estimate of drug-likeness (QED) is 0.721. The molecule has 6 atom stereocenters. The van der Waals surface area contributed by atoms with Gasteiger partial charge in [0.15, 0.2) is 6.29 Å². The third-order valence-electron chi connectivity index (χ3n) is 5.60. The molecule has 0 aromatic heterocycles. The smallest absolute Gasteiger partial charge is 0.184 e. The van der Waals surface area contributed by atoms with Crippen LogP contribution in [0, 0.1) is 5.92 Å². The number of hydrogen-bond donors (Lipinski definition) is 2. The monoisotopic (exact) mass is 386 g/mol. The van der Waals surface area contributed by atoms with Gasteiger partial charge in [-0.3, -0.25) is 0 Å². The average molecular weight is 386 g/mol. The molecular weight excluding hydrogens is 360 g/mol. The molecule has 1 heterocycles. The van der Waals surface area contributed by atoms with Crippen LogP contribution in [0.5, 0.6) is 0 Å². The summed E-state index contributed by atoms with van der Waals surface area (Å²) in [6.45, 7) is 0.422. The van der Waals surface area contributed by atoms with Gasteiger partial charge in [-0.1, -0.05) is 60.7 Å². The fourth-order valence-corrected chi connectivity index (χ4v) is 4.06.